The van der Waals surface area contributed by atoms with Crippen LogP contribution in [0.5, 0.6) is 11.6 Å². The fraction of sp³-hybridized carbons (Fsp3) is 0.0909. The van der Waals surface area contributed by atoms with Gasteiger partial charge in [0, 0.05) is 17.2 Å². The molecular formula is C11H10Cl2N4OS. The number of thioether (sulfide) groups is 1. The van der Waals surface area contributed by atoms with Gasteiger partial charge in [0.25, 0.3) is 0 Å². The van der Waals surface area contributed by atoms with Crippen molar-refractivity contribution in [3.05, 3.63) is 34.3 Å². The largest absolute Gasteiger partial charge is 0.437 e. The van der Waals surface area contributed by atoms with Crippen LogP contribution in [-0.4, -0.2) is 16.2 Å². The maximum absolute atomic E-state index is 6.02. The Morgan fingerprint density at radius 1 is 1.26 bits per heavy atom. The third-order valence-corrected chi connectivity index (χ3v) is 3.22. The van der Waals surface area contributed by atoms with E-state index in [-0.39, 0.29) is 0 Å². The van der Waals surface area contributed by atoms with E-state index < -0.39 is 0 Å². The Balaban J connectivity index is 2.34. The van der Waals surface area contributed by atoms with Gasteiger partial charge in [-0.2, -0.15) is 4.98 Å². The molecule has 0 aliphatic heterocycles. The van der Waals surface area contributed by atoms with Crippen molar-refractivity contribution in [2.24, 2.45) is 5.84 Å². The second kappa shape index (κ2) is 6.29. The summed E-state index contributed by atoms with van der Waals surface area (Å²) in [4.78, 5) is 8.33. The molecule has 0 saturated carbocycles. The summed E-state index contributed by atoms with van der Waals surface area (Å²) < 4.78 is 5.60. The summed E-state index contributed by atoms with van der Waals surface area (Å²) in [6, 6.07) is 6.51. The molecule has 0 atom stereocenters. The van der Waals surface area contributed by atoms with Crippen molar-refractivity contribution >= 4 is 40.8 Å². The maximum Gasteiger partial charge on any atom is 0.225 e. The molecular weight excluding hydrogens is 307 g/mol. The van der Waals surface area contributed by atoms with Gasteiger partial charge in [0.15, 0.2) is 5.16 Å². The van der Waals surface area contributed by atoms with Gasteiger partial charge in [-0.3, -0.25) is 0 Å². The molecule has 0 aliphatic carbocycles. The van der Waals surface area contributed by atoms with Gasteiger partial charge in [0.2, 0.25) is 5.88 Å². The van der Waals surface area contributed by atoms with E-state index >= 15 is 0 Å². The van der Waals surface area contributed by atoms with Crippen LogP contribution in [0.1, 0.15) is 0 Å². The van der Waals surface area contributed by atoms with Crippen LogP contribution in [0, 0.1) is 0 Å². The minimum atomic E-state index is 0.330. The molecule has 1 aromatic heterocycles. The van der Waals surface area contributed by atoms with E-state index in [0.717, 1.165) is 0 Å². The van der Waals surface area contributed by atoms with Crippen molar-refractivity contribution < 1.29 is 4.74 Å². The van der Waals surface area contributed by atoms with E-state index in [1.807, 2.05) is 6.26 Å². The first-order valence-corrected chi connectivity index (χ1v) is 7.13. The Morgan fingerprint density at radius 2 is 2.05 bits per heavy atom. The summed E-state index contributed by atoms with van der Waals surface area (Å²) in [6.07, 6.45) is 1.85. The number of ether oxygens (including phenoxy) is 1. The second-order valence-corrected chi connectivity index (χ2v) is 5.02. The number of benzene rings is 1. The van der Waals surface area contributed by atoms with E-state index in [1.54, 1.807) is 24.3 Å². The van der Waals surface area contributed by atoms with Gasteiger partial charge >= 0.3 is 0 Å². The topological polar surface area (TPSA) is 73.1 Å². The van der Waals surface area contributed by atoms with Crippen LogP contribution in [0.4, 0.5) is 5.82 Å². The van der Waals surface area contributed by atoms with Gasteiger partial charge in [-0.25, -0.2) is 10.8 Å². The Kier molecular flexibility index (Phi) is 4.71. The van der Waals surface area contributed by atoms with Gasteiger partial charge in [0.1, 0.15) is 11.6 Å². The van der Waals surface area contributed by atoms with Crippen LogP contribution >= 0.6 is 35.0 Å². The first-order chi connectivity index (χ1) is 9.12. The van der Waals surface area contributed by atoms with Gasteiger partial charge in [0.05, 0.1) is 5.02 Å². The predicted molar refractivity (Wildman–Crippen MR) is 78.2 cm³/mol. The molecule has 1 aromatic carbocycles. The standard InChI is InChI=1S/C11H10Cl2N4OS/c1-19-11-15-9(17-14)5-10(16-11)18-8-4-6(12)2-3-7(8)13/h2-5H,14H2,1H3,(H,15,16,17). The van der Waals surface area contributed by atoms with E-state index in [4.69, 9.17) is 33.8 Å². The number of nitrogens with two attached hydrogens (primary N) is 1. The Labute approximate surface area is 124 Å². The summed E-state index contributed by atoms with van der Waals surface area (Å²) >= 11 is 13.3. The number of nitrogens with zero attached hydrogens (tertiary/aromatic N) is 2. The highest BCUT2D eigenvalue weighted by Crippen LogP contribution is 2.32. The minimum Gasteiger partial charge on any atom is -0.437 e. The molecule has 8 heteroatoms. The van der Waals surface area contributed by atoms with Crippen LogP contribution in [-0.2, 0) is 0 Å². The number of hydrogen-bond acceptors (Lipinski definition) is 6. The third-order valence-electron chi connectivity index (χ3n) is 2.12. The summed E-state index contributed by atoms with van der Waals surface area (Å²) in [5.41, 5.74) is 2.45. The first-order valence-electron chi connectivity index (χ1n) is 5.15. The number of nitrogens with one attached hydrogen (secondary N) is 1. The molecule has 0 bridgehead atoms. The number of anilines is 1. The molecule has 0 radical (unpaired) electrons. The Hall–Kier alpha value is -1.21. The number of halogens is 2. The fourth-order valence-corrected chi connectivity index (χ4v) is 1.98. The van der Waals surface area contributed by atoms with Gasteiger partial charge in [-0.1, -0.05) is 35.0 Å². The maximum atomic E-state index is 6.02. The molecule has 3 N–H and O–H groups in total. The lowest BCUT2D eigenvalue weighted by Crippen LogP contribution is -2.09. The van der Waals surface area contributed by atoms with Crippen molar-refractivity contribution in [3.8, 4) is 11.6 Å². The van der Waals surface area contributed by atoms with Crippen molar-refractivity contribution in [3.63, 3.8) is 0 Å². The van der Waals surface area contributed by atoms with Crippen LogP contribution in [0.3, 0.4) is 0 Å². The van der Waals surface area contributed by atoms with Crippen LogP contribution in [0.25, 0.3) is 0 Å². The lowest BCUT2D eigenvalue weighted by atomic mass is 10.3. The number of nitrogen functional groups attached to an aromatic ring is 1. The Morgan fingerprint density at radius 3 is 2.74 bits per heavy atom. The molecule has 100 valence electrons. The quantitative estimate of drug-likeness (QED) is 0.389. The molecule has 19 heavy (non-hydrogen) atoms. The predicted octanol–water partition coefficient (Wildman–Crippen LogP) is 3.58. The zero-order valence-corrected chi connectivity index (χ0v) is 12.2. The van der Waals surface area contributed by atoms with E-state index in [9.17, 15) is 0 Å². The third kappa shape index (κ3) is 3.63. The van der Waals surface area contributed by atoms with Crippen molar-refractivity contribution in [1.29, 1.82) is 0 Å². The van der Waals surface area contributed by atoms with Crippen molar-refractivity contribution in [2.45, 2.75) is 5.16 Å². The molecule has 2 rings (SSSR count). The zero-order chi connectivity index (χ0) is 13.8. The highest BCUT2D eigenvalue weighted by molar-refractivity contribution is 7.98. The molecule has 2 aromatic rings. The second-order valence-electron chi connectivity index (χ2n) is 3.40. The van der Waals surface area contributed by atoms with Crippen LogP contribution in [0.15, 0.2) is 29.4 Å². The highest BCUT2D eigenvalue weighted by Gasteiger charge is 2.08. The number of hydrogen-bond donors (Lipinski definition) is 2. The molecule has 0 spiro atoms. The van der Waals surface area contributed by atoms with E-state index in [1.165, 1.54) is 11.8 Å². The summed E-state index contributed by atoms with van der Waals surface area (Å²) in [5.74, 6) is 6.54. The molecule has 1 heterocycles. The lowest BCUT2D eigenvalue weighted by molar-refractivity contribution is 0.456. The van der Waals surface area contributed by atoms with Crippen molar-refractivity contribution in [1.82, 2.24) is 9.97 Å². The first kappa shape index (κ1) is 14.2. The number of rotatable bonds is 4. The molecule has 0 aliphatic rings. The highest BCUT2D eigenvalue weighted by atomic mass is 35.5. The summed E-state index contributed by atoms with van der Waals surface area (Å²) in [6.45, 7) is 0. The van der Waals surface area contributed by atoms with E-state index in [2.05, 4.69) is 15.4 Å². The monoisotopic (exact) mass is 316 g/mol. The summed E-state index contributed by atoms with van der Waals surface area (Å²) in [5, 5.41) is 1.50. The minimum absolute atomic E-state index is 0.330. The van der Waals surface area contributed by atoms with E-state index in [0.29, 0.717) is 32.6 Å². The molecule has 5 nitrogen and oxygen atoms in total. The lowest BCUT2D eigenvalue weighted by Gasteiger charge is -2.09. The van der Waals surface area contributed by atoms with Crippen LogP contribution in [0.2, 0.25) is 10.0 Å². The fourth-order valence-electron chi connectivity index (χ4n) is 1.29. The van der Waals surface area contributed by atoms with Crippen LogP contribution < -0.4 is 16.0 Å². The normalized spacial score (nSPS) is 10.3. The molecule has 0 unspecified atom stereocenters. The smallest absolute Gasteiger partial charge is 0.225 e. The number of hydrazine groups is 1. The number of aromatic nitrogens is 2. The SMILES string of the molecule is CSc1nc(NN)cc(Oc2cc(Cl)ccc2Cl)n1. The zero-order valence-electron chi connectivity index (χ0n) is 9.85. The summed E-state index contributed by atoms with van der Waals surface area (Å²) in [7, 11) is 0. The average molecular weight is 317 g/mol. The Bertz CT molecular complexity index is 575. The average Bonchev–Trinajstić information content (AvgIpc) is 2.42. The van der Waals surface area contributed by atoms with Gasteiger partial charge in [-0.05, 0) is 18.4 Å². The molecule has 0 fully saturated rings. The molecule has 0 amide bonds. The van der Waals surface area contributed by atoms with Gasteiger partial charge < -0.3 is 10.2 Å². The molecule has 0 saturated heterocycles. The van der Waals surface area contributed by atoms with Crippen molar-refractivity contribution in [2.75, 3.05) is 11.7 Å². The van der Waals surface area contributed by atoms with Gasteiger partial charge in [-0.15, -0.1) is 0 Å².